The molecule has 1 saturated carbocycles. The van der Waals surface area contributed by atoms with E-state index < -0.39 is 0 Å². The van der Waals surface area contributed by atoms with E-state index in [1.54, 1.807) is 12.1 Å². The Morgan fingerprint density at radius 2 is 2.00 bits per heavy atom. The van der Waals surface area contributed by atoms with Crippen molar-refractivity contribution in [3.8, 4) is 0 Å². The molecule has 0 unspecified atom stereocenters. The third-order valence-electron chi connectivity index (χ3n) is 3.82. The van der Waals surface area contributed by atoms with Crippen LogP contribution in [-0.4, -0.2) is 13.1 Å². The number of rotatable bonds is 1. The number of nitrogen functional groups attached to an aromatic ring is 1. The average Bonchev–Trinajstić information content (AvgIpc) is 2.06. The molecule has 2 aliphatic rings. The summed E-state index contributed by atoms with van der Waals surface area (Å²) in [6.45, 7) is 2.19. The van der Waals surface area contributed by atoms with E-state index in [0.717, 1.165) is 18.8 Å². The minimum Gasteiger partial charge on any atom is -0.396 e. The highest BCUT2D eigenvalue weighted by Crippen LogP contribution is 2.49. The predicted molar refractivity (Wildman–Crippen MR) is 59.3 cm³/mol. The van der Waals surface area contributed by atoms with Crippen LogP contribution in [0.15, 0.2) is 18.2 Å². The molecule has 0 bridgehead atoms. The lowest BCUT2D eigenvalue weighted by Gasteiger charge is -2.57. The SMILES string of the molecule is Nc1ccc(N2CC3(CCC3)C2)cc1F. The Morgan fingerprint density at radius 3 is 2.53 bits per heavy atom. The highest BCUT2D eigenvalue weighted by atomic mass is 19.1. The molecule has 1 spiro atoms. The van der Waals surface area contributed by atoms with Crippen LogP contribution in [0.1, 0.15) is 19.3 Å². The molecule has 2 fully saturated rings. The average molecular weight is 206 g/mol. The highest BCUT2D eigenvalue weighted by Gasteiger charge is 2.47. The third kappa shape index (κ3) is 1.29. The van der Waals surface area contributed by atoms with Gasteiger partial charge in [0.1, 0.15) is 5.82 Å². The topological polar surface area (TPSA) is 29.3 Å². The fourth-order valence-electron chi connectivity index (χ4n) is 2.65. The van der Waals surface area contributed by atoms with Crippen molar-refractivity contribution in [2.45, 2.75) is 19.3 Å². The number of halogens is 1. The molecule has 2 nitrogen and oxygen atoms in total. The van der Waals surface area contributed by atoms with Crippen LogP contribution >= 0.6 is 0 Å². The molecule has 80 valence electrons. The first-order valence-corrected chi connectivity index (χ1v) is 5.49. The van der Waals surface area contributed by atoms with Crippen molar-refractivity contribution < 1.29 is 4.39 Å². The molecule has 0 radical (unpaired) electrons. The van der Waals surface area contributed by atoms with Crippen LogP contribution in [-0.2, 0) is 0 Å². The van der Waals surface area contributed by atoms with Gasteiger partial charge in [-0.2, -0.15) is 0 Å². The van der Waals surface area contributed by atoms with Crippen LogP contribution in [0.25, 0.3) is 0 Å². The van der Waals surface area contributed by atoms with E-state index in [1.165, 1.54) is 19.3 Å². The zero-order valence-corrected chi connectivity index (χ0v) is 8.67. The second kappa shape index (κ2) is 2.87. The van der Waals surface area contributed by atoms with E-state index in [4.69, 9.17) is 5.73 Å². The second-order valence-corrected chi connectivity index (χ2v) is 4.92. The summed E-state index contributed by atoms with van der Waals surface area (Å²) >= 11 is 0. The molecule has 0 amide bonds. The molecule has 1 aliphatic heterocycles. The number of nitrogens with zero attached hydrogens (tertiary/aromatic N) is 1. The van der Waals surface area contributed by atoms with Crippen molar-refractivity contribution in [1.29, 1.82) is 0 Å². The zero-order valence-electron chi connectivity index (χ0n) is 8.67. The van der Waals surface area contributed by atoms with Gasteiger partial charge in [-0.3, -0.25) is 0 Å². The molecule has 3 heteroatoms. The largest absolute Gasteiger partial charge is 0.396 e. The summed E-state index contributed by atoms with van der Waals surface area (Å²) in [5, 5.41) is 0. The van der Waals surface area contributed by atoms with Crippen molar-refractivity contribution in [2.24, 2.45) is 5.41 Å². The van der Waals surface area contributed by atoms with Crippen LogP contribution < -0.4 is 10.6 Å². The number of hydrogen-bond donors (Lipinski definition) is 1. The molecular formula is C12H15FN2. The highest BCUT2D eigenvalue weighted by molar-refractivity contribution is 5.56. The Balaban J connectivity index is 1.75. The first kappa shape index (κ1) is 9.01. The van der Waals surface area contributed by atoms with E-state index in [9.17, 15) is 4.39 Å². The van der Waals surface area contributed by atoms with E-state index >= 15 is 0 Å². The van der Waals surface area contributed by atoms with Gasteiger partial charge in [0, 0.05) is 24.2 Å². The molecule has 0 atom stereocenters. The normalized spacial score (nSPS) is 22.3. The molecule has 1 saturated heterocycles. The van der Waals surface area contributed by atoms with Crippen LogP contribution in [0.4, 0.5) is 15.8 Å². The minimum atomic E-state index is -0.304. The Bertz CT molecular complexity index is 391. The smallest absolute Gasteiger partial charge is 0.148 e. The molecular weight excluding hydrogens is 191 g/mol. The van der Waals surface area contributed by atoms with E-state index in [2.05, 4.69) is 4.90 Å². The van der Waals surface area contributed by atoms with Gasteiger partial charge in [0.2, 0.25) is 0 Å². The van der Waals surface area contributed by atoms with E-state index in [1.807, 2.05) is 6.07 Å². The Hall–Kier alpha value is -1.25. The maximum atomic E-state index is 13.2. The van der Waals surface area contributed by atoms with Gasteiger partial charge < -0.3 is 10.6 Å². The number of nitrogens with two attached hydrogens (primary N) is 1. The first-order chi connectivity index (χ1) is 7.19. The first-order valence-electron chi connectivity index (χ1n) is 5.49. The maximum absolute atomic E-state index is 13.2. The summed E-state index contributed by atoms with van der Waals surface area (Å²) in [6.07, 6.45) is 4.06. The molecule has 0 aromatic heterocycles. The minimum absolute atomic E-state index is 0.234. The van der Waals surface area contributed by atoms with Gasteiger partial charge in [0.05, 0.1) is 5.69 Å². The van der Waals surface area contributed by atoms with Gasteiger partial charge in [-0.25, -0.2) is 4.39 Å². The maximum Gasteiger partial charge on any atom is 0.148 e. The van der Waals surface area contributed by atoms with Crippen LogP contribution in [0, 0.1) is 11.2 Å². The van der Waals surface area contributed by atoms with E-state index in [0.29, 0.717) is 5.41 Å². The quantitative estimate of drug-likeness (QED) is 0.715. The van der Waals surface area contributed by atoms with Crippen molar-refractivity contribution in [3.05, 3.63) is 24.0 Å². The third-order valence-corrected chi connectivity index (χ3v) is 3.82. The van der Waals surface area contributed by atoms with Gasteiger partial charge in [-0.1, -0.05) is 6.42 Å². The summed E-state index contributed by atoms with van der Waals surface area (Å²) in [7, 11) is 0. The number of anilines is 2. The molecule has 15 heavy (non-hydrogen) atoms. The zero-order chi connectivity index (χ0) is 10.5. The Morgan fingerprint density at radius 1 is 1.27 bits per heavy atom. The standard InChI is InChI=1S/C12H15FN2/c13-10-6-9(2-3-11(10)14)15-7-12(8-15)4-1-5-12/h2-3,6H,1,4-5,7-8,14H2. The summed E-state index contributed by atoms with van der Waals surface area (Å²) in [5.74, 6) is -0.304. The summed E-state index contributed by atoms with van der Waals surface area (Å²) in [5.41, 5.74) is 7.23. The van der Waals surface area contributed by atoms with Gasteiger partial charge >= 0.3 is 0 Å². The lowest BCUT2D eigenvalue weighted by Crippen LogP contribution is -2.59. The molecule has 1 aromatic carbocycles. The predicted octanol–water partition coefficient (Wildman–Crippen LogP) is 2.40. The van der Waals surface area contributed by atoms with Crippen LogP contribution in [0.2, 0.25) is 0 Å². The van der Waals surface area contributed by atoms with Crippen LogP contribution in [0.3, 0.4) is 0 Å². The van der Waals surface area contributed by atoms with Gasteiger partial charge in [0.25, 0.3) is 0 Å². The Kier molecular flexibility index (Phi) is 1.73. The van der Waals surface area contributed by atoms with Gasteiger partial charge in [0.15, 0.2) is 0 Å². The summed E-state index contributed by atoms with van der Waals surface area (Å²) < 4.78 is 13.2. The molecule has 1 aliphatic carbocycles. The van der Waals surface area contributed by atoms with E-state index in [-0.39, 0.29) is 11.5 Å². The lowest BCUT2D eigenvalue weighted by atomic mass is 9.63. The number of hydrogen-bond acceptors (Lipinski definition) is 2. The van der Waals surface area contributed by atoms with Crippen molar-refractivity contribution >= 4 is 11.4 Å². The van der Waals surface area contributed by atoms with Gasteiger partial charge in [-0.15, -0.1) is 0 Å². The van der Waals surface area contributed by atoms with Crippen LogP contribution in [0.5, 0.6) is 0 Å². The van der Waals surface area contributed by atoms with Crippen molar-refractivity contribution in [2.75, 3.05) is 23.7 Å². The fourth-order valence-corrected chi connectivity index (χ4v) is 2.65. The lowest BCUT2D eigenvalue weighted by molar-refractivity contribution is 0.0904. The van der Waals surface area contributed by atoms with Crippen molar-refractivity contribution in [3.63, 3.8) is 0 Å². The summed E-state index contributed by atoms with van der Waals surface area (Å²) in [6, 6.07) is 5.10. The Labute approximate surface area is 88.9 Å². The molecule has 1 heterocycles. The summed E-state index contributed by atoms with van der Waals surface area (Å²) in [4.78, 5) is 2.24. The molecule has 1 aromatic rings. The fraction of sp³-hybridized carbons (Fsp3) is 0.500. The van der Waals surface area contributed by atoms with Crippen molar-refractivity contribution in [1.82, 2.24) is 0 Å². The second-order valence-electron chi connectivity index (χ2n) is 4.92. The van der Waals surface area contributed by atoms with Gasteiger partial charge in [-0.05, 0) is 31.0 Å². The monoisotopic (exact) mass is 206 g/mol. The molecule has 2 N–H and O–H groups in total. The number of benzene rings is 1. The molecule has 3 rings (SSSR count).